The first-order valence-corrected chi connectivity index (χ1v) is 7.84. The fraction of sp³-hybridized carbons (Fsp3) is 0.647. The average Bonchev–Trinajstić information content (AvgIpc) is 3.23. The lowest BCUT2D eigenvalue weighted by atomic mass is 9.89. The summed E-state index contributed by atoms with van der Waals surface area (Å²) in [7, 11) is 1.71. The molecule has 1 aromatic carbocycles. The molecule has 3 nitrogen and oxygen atoms in total. The molecule has 2 N–H and O–H groups in total. The van der Waals surface area contributed by atoms with Gasteiger partial charge in [0.2, 0.25) is 0 Å². The van der Waals surface area contributed by atoms with Gasteiger partial charge in [-0.2, -0.15) is 0 Å². The Morgan fingerprint density at radius 1 is 1.15 bits per heavy atom. The van der Waals surface area contributed by atoms with Crippen molar-refractivity contribution in [2.24, 2.45) is 17.6 Å². The van der Waals surface area contributed by atoms with E-state index in [-0.39, 0.29) is 0 Å². The van der Waals surface area contributed by atoms with E-state index in [4.69, 9.17) is 10.5 Å². The van der Waals surface area contributed by atoms with Gasteiger partial charge in [0.15, 0.2) is 0 Å². The summed E-state index contributed by atoms with van der Waals surface area (Å²) in [5.74, 6) is 2.59. The van der Waals surface area contributed by atoms with Crippen molar-refractivity contribution >= 4 is 0 Å². The van der Waals surface area contributed by atoms with E-state index < -0.39 is 0 Å². The Morgan fingerprint density at radius 2 is 1.90 bits per heavy atom. The summed E-state index contributed by atoms with van der Waals surface area (Å²) >= 11 is 0. The summed E-state index contributed by atoms with van der Waals surface area (Å²) in [6, 6.07) is 8.83. The molecule has 2 unspecified atom stereocenters. The minimum absolute atomic E-state index is 0.353. The molecule has 0 amide bonds. The first-order valence-electron chi connectivity index (χ1n) is 7.84. The van der Waals surface area contributed by atoms with Crippen LogP contribution in [0.25, 0.3) is 0 Å². The molecule has 3 rings (SSSR count). The second-order valence-corrected chi connectivity index (χ2v) is 6.58. The van der Waals surface area contributed by atoms with Crippen molar-refractivity contribution in [3.8, 4) is 5.75 Å². The summed E-state index contributed by atoms with van der Waals surface area (Å²) < 4.78 is 5.22. The van der Waals surface area contributed by atoms with Crippen LogP contribution in [0.3, 0.4) is 0 Å². The lowest BCUT2D eigenvalue weighted by Crippen LogP contribution is -2.48. The van der Waals surface area contributed by atoms with Crippen LogP contribution < -0.4 is 10.5 Å². The Bertz CT molecular complexity index is 425. The molecule has 2 aliphatic rings. The van der Waals surface area contributed by atoms with Gasteiger partial charge >= 0.3 is 0 Å². The number of hydrogen-bond acceptors (Lipinski definition) is 3. The van der Waals surface area contributed by atoms with Crippen LogP contribution >= 0.6 is 0 Å². The van der Waals surface area contributed by atoms with Crippen LogP contribution in [-0.4, -0.2) is 37.7 Å². The van der Waals surface area contributed by atoms with Crippen molar-refractivity contribution in [3.63, 3.8) is 0 Å². The highest BCUT2D eigenvalue weighted by molar-refractivity contribution is 5.27. The molecular weight excluding hydrogens is 248 g/mol. The van der Waals surface area contributed by atoms with Crippen molar-refractivity contribution in [2.75, 3.05) is 26.7 Å². The fourth-order valence-electron chi connectivity index (χ4n) is 3.41. The number of ether oxygens (including phenoxy) is 1. The maximum absolute atomic E-state index is 6.25. The number of nitrogens with zero attached hydrogens (tertiary/aromatic N) is 1. The van der Waals surface area contributed by atoms with Crippen LogP contribution in [-0.2, 0) is 6.42 Å². The first-order chi connectivity index (χ1) is 9.72. The van der Waals surface area contributed by atoms with E-state index in [0.717, 1.165) is 31.1 Å². The summed E-state index contributed by atoms with van der Waals surface area (Å²) in [5.41, 5.74) is 7.65. The molecule has 110 valence electrons. The van der Waals surface area contributed by atoms with Crippen LogP contribution in [0.5, 0.6) is 5.75 Å². The SMILES string of the molecule is COc1ccc(CC2CC(N)CN(CC3CC3)C2)cc1. The highest BCUT2D eigenvalue weighted by Crippen LogP contribution is 2.31. The van der Waals surface area contributed by atoms with Crippen LogP contribution in [0.1, 0.15) is 24.8 Å². The number of rotatable bonds is 5. The largest absolute Gasteiger partial charge is 0.497 e. The van der Waals surface area contributed by atoms with Crippen LogP contribution in [0.4, 0.5) is 0 Å². The van der Waals surface area contributed by atoms with Gasteiger partial charge in [0, 0.05) is 25.7 Å². The zero-order chi connectivity index (χ0) is 13.9. The highest BCUT2D eigenvalue weighted by Gasteiger charge is 2.30. The molecule has 1 saturated heterocycles. The van der Waals surface area contributed by atoms with E-state index in [2.05, 4.69) is 29.2 Å². The van der Waals surface area contributed by atoms with Gasteiger partial charge < -0.3 is 15.4 Å². The van der Waals surface area contributed by atoms with Gasteiger partial charge in [0.1, 0.15) is 5.75 Å². The van der Waals surface area contributed by atoms with Crippen LogP contribution in [0.15, 0.2) is 24.3 Å². The topological polar surface area (TPSA) is 38.5 Å². The Morgan fingerprint density at radius 3 is 2.55 bits per heavy atom. The number of likely N-dealkylation sites (tertiary alicyclic amines) is 1. The van der Waals surface area contributed by atoms with Gasteiger partial charge in [-0.15, -0.1) is 0 Å². The minimum Gasteiger partial charge on any atom is -0.497 e. The Hall–Kier alpha value is -1.06. The third kappa shape index (κ3) is 3.74. The van der Waals surface area contributed by atoms with E-state index >= 15 is 0 Å². The molecule has 0 radical (unpaired) electrons. The molecule has 3 heteroatoms. The number of benzene rings is 1. The Kier molecular flexibility index (Phi) is 4.27. The monoisotopic (exact) mass is 274 g/mol. The maximum Gasteiger partial charge on any atom is 0.118 e. The lowest BCUT2D eigenvalue weighted by molar-refractivity contribution is 0.150. The first kappa shape index (κ1) is 13.9. The third-order valence-electron chi connectivity index (χ3n) is 4.54. The summed E-state index contributed by atoms with van der Waals surface area (Å²) in [4.78, 5) is 2.60. The summed E-state index contributed by atoms with van der Waals surface area (Å²) in [6.45, 7) is 3.58. The predicted molar refractivity (Wildman–Crippen MR) is 81.9 cm³/mol. The van der Waals surface area contributed by atoms with E-state index in [1.807, 2.05) is 0 Å². The molecule has 2 atom stereocenters. The van der Waals surface area contributed by atoms with Crippen molar-refractivity contribution in [3.05, 3.63) is 29.8 Å². The molecule has 2 fully saturated rings. The van der Waals surface area contributed by atoms with Crippen molar-refractivity contribution in [2.45, 2.75) is 31.7 Å². The third-order valence-corrected chi connectivity index (χ3v) is 4.54. The normalized spacial score (nSPS) is 27.5. The van der Waals surface area contributed by atoms with E-state index in [1.54, 1.807) is 7.11 Å². The van der Waals surface area contributed by atoms with Crippen molar-refractivity contribution in [1.82, 2.24) is 4.90 Å². The molecule has 0 bridgehead atoms. The van der Waals surface area contributed by atoms with Crippen LogP contribution in [0, 0.1) is 11.8 Å². The van der Waals surface area contributed by atoms with Crippen LogP contribution in [0.2, 0.25) is 0 Å². The number of piperidine rings is 1. The number of hydrogen-bond donors (Lipinski definition) is 1. The van der Waals surface area contributed by atoms with E-state index in [1.165, 1.54) is 31.5 Å². The van der Waals surface area contributed by atoms with Gasteiger partial charge in [-0.05, 0) is 55.2 Å². The molecule has 1 heterocycles. The highest BCUT2D eigenvalue weighted by atomic mass is 16.5. The zero-order valence-corrected chi connectivity index (χ0v) is 12.4. The maximum atomic E-state index is 6.25. The minimum atomic E-state index is 0.353. The average molecular weight is 274 g/mol. The molecule has 0 aromatic heterocycles. The lowest BCUT2D eigenvalue weighted by Gasteiger charge is -2.36. The van der Waals surface area contributed by atoms with Gasteiger partial charge in [-0.25, -0.2) is 0 Å². The van der Waals surface area contributed by atoms with E-state index in [9.17, 15) is 0 Å². The predicted octanol–water partition coefficient (Wildman–Crippen LogP) is 2.30. The summed E-state index contributed by atoms with van der Waals surface area (Å²) in [6.07, 6.45) is 5.15. The second-order valence-electron chi connectivity index (χ2n) is 6.58. The molecular formula is C17H26N2O. The smallest absolute Gasteiger partial charge is 0.118 e. The van der Waals surface area contributed by atoms with Crippen molar-refractivity contribution in [1.29, 1.82) is 0 Å². The Balaban J connectivity index is 1.56. The van der Waals surface area contributed by atoms with Gasteiger partial charge in [-0.3, -0.25) is 0 Å². The molecule has 0 spiro atoms. The summed E-state index contributed by atoms with van der Waals surface area (Å²) in [5, 5.41) is 0. The molecule has 20 heavy (non-hydrogen) atoms. The number of nitrogens with two attached hydrogens (primary N) is 1. The molecule has 1 aliphatic heterocycles. The molecule has 1 aliphatic carbocycles. The quantitative estimate of drug-likeness (QED) is 0.895. The molecule has 1 saturated carbocycles. The number of methoxy groups -OCH3 is 1. The zero-order valence-electron chi connectivity index (χ0n) is 12.4. The van der Waals surface area contributed by atoms with Gasteiger partial charge in [0.25, 0.3) is 0 Å². The van der Waals surface area contributed by atoms with E-state index in [0.29, 0.717) is 12.0 Å². The standard InChI is InChI=1S/C17H26N2O/c1-20-17-6-4-13(5-7-17)8-15-9-16(18)12-19(11-15)10-14-2-3-14/h4-7,14-16H,2-3,8-12,18H2,1H3. The van der Waals surface area contributed by atoms with Crippen molar-refractivity contribution < 1.29 is 4.74 Å². The fourth-order valence-corrected chi connectivity index (χ4v) is 3.41. The Labute approximate surface area is 122 Å². The van der Waals surface area contributed by atoms with Gasteiger partial charge in [-0.1, -0.05) is 12.1 Å². The molecule has 1 aromatic rings. The van der Waals surface area contributed by atoms with Gasteiger partial charge in [0.05, 0.1) is 7.11 Å². The second kappa shape index (κ2) is 6.15.